The molecule has 0 saturated heterocycles. The van der Waals surface area contributed by atoms with Gasteiger partial charge in [0.25, 0.3) is 0 Å². The highest BCUT2D eigenvalue weighted by atomic mass is 16.4. The molecule has 0 amide bonds. The van der Waals surface area contributed by atoms with Gasteiger partial charge in [-0.2, -0.15) is 0 Å². The molecule has 1 rings (SSSR count). The van der Waals surface area contributed by atoms with Crippen LogP contribution in [-0.2, 0) is 0 Å². The molecule has 0 aliphatic heterocycles. The summed E-state index contributed by atoms with van der Waals surface area (Å²) in [5.41, 5.74) is -0.341. The fraction of sp³-hybridized carbons (Fsp3) is 1.00. The normalized spacial score (nSPS) is 45.0. The highest BCUT2D eigenvalue weighted by molar-refractivity contribution is 4.79. The van der Waals surface area contributed by atoms with E-state index in [-0.39, 0.29) is 5.60 Å². The third-order valence-corrected chi connectivity index (χ3v) is 2.35. The molecule has 1 heteroatoms. The van der Waals surface area contributed by atoms with Gasteiger partial charge in [-0.15, -0.1) is 0 Å². The fourth-order valence-corrected chi connectivity index (χ4v) is 1.38. The van der Waals surface area contributed by atoms with Crippen molar-refractivity contribution in [3.63, 3.8) is 0 Å². The van der Waals surface area contributed by atoms with E-state index >= 15 is 0 Å². The first-order chi connectivity index (χ1) is 4.10. The maximum absolute atomic E-state index is 9.49. The Labute approximate surface area is 57.1 Å². The van der Waals surface area contributed by atoms with Crippen molar-refractivity contribution in [2.24, 2.45) is 5.92 Å². The lowest BCUT2D eigenvalue weighted by Crippen LogP contribution is -2.29. The minimum Gasteiger partial charge on any atom is -0.390 e. The van der Waals surface area contributed by atoms with Crippen molar-refractivity contribution < 1.29 is 5.11 Å². The van der Waals surface area contributed by atoms with Crippen LogP contribution in [0.2, 0.25) is 0 Å². The Morgan fingerprint density at radius 2 is 1.78 bits per heavy atom. The SMILES string of the molecule is CC1CC[13C](C)(O)CC1. The minimum absolute atomic E-state index is 0.341. The van der Waals surface area contributed by atoms with E-state index in [1.165, 1.54) is 12.8 Å². The molecule has 1 aliphatic carbocycles. The summed E-state index contributed by atoms with van der Waals surface area (Å²) in [6.45, 7) is 4.20. The van der Waals surface area contributed by atoms with Gasteiger partial charge >= 0.3 is 0 Å². The smallest absolute Gasteiger partial charge is 0.0620 e. The van der Waals surface area contributed by atoms with Gasteiger partial charge < -0.3 is 5.11 Å². The van der Waals surface area contributed by atoms with Gasteiger partial charge in [-0.1, -0.05) is 6.92 Å². The van der Waals surface area contributed by atoms with Crippen LogP contribution in [0.25, 0.3) is 0 Å². The van der Waals surface area contributed by atoms with Gasteiger partial charge in [0.05, 0.1) is 5.60 Å². The summed E-state index contributed by atoms with van der Waals surface area (Å²) in [7, 11) is 0. The molecule has 0 atom stereocenters. The van der Waals surface area contributed by atoms with Crippen molar-refractivity contribution in [3.8, 4) is 0 Å². The van der Waals surface area contributed by atoms with Gasteiger partial charge in [0, 0.05) is 0 Å². The van der Waals surface area contributed by atoms with Crippen molar-refractivity contribution in [2.45, 2.75) is 45.1 Å². The summed E-state index contributed by atoms with van der Waals surface area (Å²) < 4.78 is 0. The summed E-state index contributed by atoms with van der Waals surface area (Å²) >= 11 is 0. The Balaban J connectivity index is 2.35. The van der Waals surface area contributed by atoms with Crippen molar-refractivity contribution in [2.75, 3.05) is 0 Å². The highest BCUT2D eigenvalue weighted by Gasteiger charge is 2.26. The van der Waals surface area contributed by atoms with E-state index in [0.29, 0.717) is 0 Å². The van der Waals surface area contributed by atoms with E-state index in [0.717, 1.165) is 18.8 Å². The van der Waals surface area contributed by atoms with Crippen LogP contribution in [0.15, 0.2) is 0 Å². The molecule has 0 heterocycles. The summed E-state index contributed by atoms with van der Waals surface area (Å²) in [5.74, 6) is 0.838. The van der Waals surface area contributed by atoms with Crippen molar-refractivity contribution in [1.82, 2.24) is 0 Å². The largest absolute Gasteiger partial charge is 0.390 e. The molecule has 0 bridgehead atoms. The maximum atomic E-state index is 9.49. The van der Waals surface area contributed by atoms with E-state index < -0.39 is 0 Å². The third-order valence-electron chi connectivity index (χ3n) is 2.35. The van der Waals surface area contributed by atoms with Crippen LogP contribution in [0.3, 0.4) is 0 Å². The highest BCUT2D eigenvalue weighted by Crippen LogP contribution is 2.30. The van der Waals surface area contributed by atoms with Gasteiger partial charge in [0.15, 0.2) is 0 Å². The zero-order valence-electron chi connectivity index (χ0n) is 6.35. The van der Waals surface area contributed by atoms with Gasteiger partial charge in [-0.25, -0.2) is 0 Å². The summed E-state index contributed by atoms with van der Waals surface area (Å²) in [4.78, 5) is 0. The molecule has 0 spiro atoms. The maximum Gasteiger partial charge on any atom is 0.0620 e. The van der Waals surface area contributed by atoms with Crippen LogP contribution in [0, 0.1) is 5.92 Å². The number of aliphatic hydroxyl groups is 1. The molecule has 0 aromatic heterocycles. The molecule has 0 aromatic rings. The van der Waals surface area contributed by atoms with Crippen LogP contribution >= 0.6 is 0 Å². The quantitative estimate of drug-likeness (QED) is 0.496. The van der Waals surface area contributed by atoms with Crippen molar-refractivity contribution in [3.05, 3.63) is 0 Å². The molecular formula is C8H16O. The molecule has 54 valence electrons. The zero-order valence-corrected chi connectivity index (χ0v) is 6.35. The number of hydrogen-bond donors (Lipinski definition) is 1. The summed E-state index contributed by atoms with van der Waals surface area (Å²) in [6, 6.07) is 0. The van der Waals surface area contributed by atoms with E-state index in [4.69, 9.17) is 0 Å². The van der Waals surface area contributed by atoms with Crippen molar-refractivity contribution in [1.29, 1.82) is 0 Å². The average molecular weight is 129 g/mol. The molecule has 9 heavy (non-hydrogen) atoms. The molecule has 1 saturated carbocycles. The lowest BCUT2D eigenvalue weighted by Gasteiger charge is -2.31. The molecule has 1 fully saturated rings. The van der Waals surface area contributed by atoms with E-state index in [1.807, 2.05) is 6.92 Å². The lowest BCUT2D eigenvalue weighted by molar-refractivity contribution is 0.0104. The Morgan fingerprint density at radius 1 is 1.33 bits per heavy atom. The lowest BCUT2D eigenvalue weighted by atomic mass is 9.94. The van der Waals surface area contributed by atoms with E-state index in [1.54, 1.807) is 0 Å². The molecule has 1 N–H and O–H groups in total. The Hall–Kier alpha value is -0.0400. The monoisotopic (exact) mass is 129 g/mol. The van der Waals surface area contributed by atoms with E-state index in [2.05, 4.69) is 6.92 Å². The van der Waals surface area contributed by atoms with Gasteiger partial charge in [0.1, 0.15) is 0 Å². The van der Waals surface area contributed by atoms with Crippen LogP contribution in [0.4, 0.5) is 0 Å². The molecular weight excluding hydrogens is 113 g/mol. The Bertz CT molecular complexity index is 86.7. The van der Waals surface area contributed by atoms with Gasteiger partial charge in [0.2, 0.25) is 0 Å². The van der Waals surface area contributed by atoms with Crippen molar-refractivity contribution >= 4 is 0 Å². The van der Waals surface area contributed by atoms with Gasteiger partial charge in [-0.05, 0) is 38.5 Å². The molecule has 0 aromatic carbocycles. The zero-order chi connectivity index (χ0) is 6.91. The number of rotatable bonds is 0. The van der Waals surface area contributed by atoms with E-state index in [9.17, 15) is 5.11 Å². The second-order valence-corrected chi connectivity index (χ2v) is 3.68. The van der Waals surface area contributed by atoms with Crippen LogP contribution < -0.4 is 0 Å². The van der Waals surface area contributed by atoms with Crippen LogP contribution in [-0.4, -0.2) is 10.7 Å². The first kappa shape index (κ1) is 7.07. The second kappa shape index (κ2) is 2.30. The fourth-order valence-electron chi connectivity index (χ4n) is 1.38. The molecule has 0 radical (unpaired) electrons. The Kier molecular flexibility index (Phi) is 1.80. The Morgan fingerprint density at radius 3 is 2.11 bits per heavy atom. The first-order valence-electron chi connectivity index (χ1n) is 3.82. The summed E-state index contributed by atoms with van der Waals surface area (Å²) in [6.07, 6.45) is 4.39. The van der Waals surface area contributed by atoms with Crippen LogP contribution in [0.1, 0.15) is 39.5 Å². The standard InChI is InChI=1S/C8H16O/c1-7-3-5-8(2,9)6-4-7/h7,9H,3-6H2,1-2H3/i8+1. The predicted molar refractivity (Wildman–Crippen MR) is 38.3 cm³/mol. The molecule has 0 unspecified atom stereocenters. The molecule has 1 nitrogen and oxygen atoms in total. The average Bonchev–Trinajstić information content (AvgIpc) is 1.78. The van der Waals surface area contributed by atoms with Gasteiger partial charge in [-0.3, -0.25) is 0 Å². The third kappa shape index (κ3) is 1.98. The second-order valence-electron chi connectivity index (χ2n) is 3.68. The topological polar surface area (TPSA) is 20.2 Å². The number of hydrogen-bond acceptors (Lipinski definition) is 1. The van der Waals surface area contributed by atoms with Crippen LogP contribution in [0.5, 0.6) is 0 Å². The predicted octanol–water partition coefficient (Wildman–Crippen LogP) is 1.95. The minimum atomic E-state index is -0.341. The summed E-state index contributed by atoms with van der Waals surface area (Å²) in [5, 5.41) is 9.49. The molecule has 1 aliphatic rings. The first-order valence-corrected chi connectivity index (χ1v) is 3.82.